The number of pyridine rings is 1. The third-order valence-corrected chi connectivity index (χ3v) is 3.65. The van der Waals surface area contributed by atoms with Crippen LogP contribution in [0.1, 0.15) is 0 Å². The molecule has 6 nitrogen and oxygen atoms in total. The molecular weight excluding hydrogens is 295 g/mol. The highest BCUT2D eigenvalue weighted by Crippen LogP contribution is 2.21. The van der Waals surface area contributed by atoms with E-state index in [1.165, 1.54) is 12.4 Å². The molecule has 3 aromatic heterocycles. The Labute approximate surface area is 131 Å². The van der Waals surface area contributed by atoms with Crippen LogP contribution in [0.2, 0.25) is 0 Å². The predicted molar refractivity (Wildman–Crippen MR) is 82.9 cm³/mol. The molecule has 0 atom stereocenters. The molecule has 0 aliphatic heterocycles. The Kier molecular flexibility index (Phi) is 3.30. The molecule has 0 spiro atoms. The van der Waals surface area contributed by atoms with Gasteiger partial charge in [-0.2, -0.15) is 5.10 Å². The Morgan fingerprint density at radius 3 is 2.91 bits per heavy atom. The van der Waals surface area contributed by atoms with E-state index >= 15 is 0 Å². The number of imidazole rings is 1. The quantitative estimate of drug-likeness (QED) is 0.581. The number of para-hydroxylation sites is 1. The molecule has 0 bridgehead atoms. The Hall–Kier alpha value is -3.09. The lowest BCUT2D eigenvalue weighted by Gasteiger charge is -2.08. The zero-order valence-electron chi connectivity index (χ0n) is 12.2. The second kappa shape index (κ2) is 5.60. The van der Waals surface area contributed by atoms with Crippen molar-refractivity contribution in [3.05, 3.63) is 61.2 Å². The van der Waals surface area contributed by atoms with Crippen molar-refractivity contribution in [1.29, 1.82) is 0 Å². The van der Waals surface area contributed by atoms with Crippen LogP contribution in [0.3, 0.4) is 0 Å². The maximum atomic E-state index is 13.9. The van der Waals surface area contributed by atoms with E-state index < -0.39 is 0 Å². The zero-order chi connectivity index (χ0) is 15.6. The van der Waals surface area contributed by atoms with Crippen molar-refractivity contribution in [1.82, 2.24) is 29.3 Å². The lowest BCUT2D eigenvalue weighted by Crippen LogP contribution is -2.08. The largest absolute Gasteiger partial charge is 0.328 e. The summed E-state index contributed by atoms with van der Waals surface area (Å²) in [7, 11) is 0. The molecule has 0 aliphatic rings. The van der Waals surface area contributed by atoms with Crippen LogP contribution in [0.5, 0.6) is 0 Å². The van der Waals surface area contributed by atoms with E-state index in [4.69, 9.17) is 0 Å². The van der Waals surface area contributed by atoms with Crippen molar-refractivity contribution in [2.24, 2.45) is 0 Å². The fraction of sp³-hybridized carbons (Fsp3) is 0.125. The number of hydrogen-bond donors (Lipinski definition) is 0. The molecule has 7 heteroatoms. The van der Waals surface area contributed by atoms with Gasteiger partial charge >= 0.3 is 0 Å². The molecule has 0 N–H and O–H groups in total. The molecule has 0 unspecified atom stereocenters. The van der Waals surface area contributed by atoms with E-state index in [2.05, 4.69) is 20.1 Å². The molecule has 0 saturated carbocycles. The average Bonchev–Trinajstić information content (AvgIpc) is 3.24. The maximum Gasteiger partial charge on any atom is 0.158 e. The van der Waals surface area contributed by atoms with Crippen molar-refractivity contribution < 1.29 is 4.39 Å². The minimum Gasteiger partial charge on any atom is -0.328 e. The lowest BCUT2D eigenvalue weighted by molar-refractivity contribution is 0.534. The monoisotopic (exact) mass is 308 g/mol. The van der Waals surface area contributed by atoms with Gasteiger partial charge in [0.15, 0.2) is 5.82 Å². The maximum absolute atomic E-state index is 13.9. The minimum absolute atomic E-state index is 0.329. The van der Waals surface area contributed by atoms with Gasteiger partial charge < -0.3 is 4.57 Å². The second-order valence-corrected chi connectivity index (χ2v) is 5.11. The van der Waals surface area contributed by atoms with Crippen LogP contribution in [0, 0.1) is 5.82 Å². The van der Waals surface area contributed by atoms with Gasteiger partial charge in [-0.3, -0.25) is 4.68 Å². The summed E-state index contributed by atoms with van der Waals surface area (Å²) in [6.45, 7) is 1.35. The van der Waals surface area contributed by atoms with Crippen LogP contribution in [-0.2, 0) is 13.1 Å². The van der Waals surface area contributed by atoms with Gasteiger partial charge in [-0.25, -0.2) is 19.3 Å². The van der Waals surface area contributed by atoms with Gasteiger partial charge in [-0.05, 0) is 12.1 Å². The number of aromatic nitrogens is 6. The summed E-state index contributed by atoms with van der Waals surface area (Å²) in [5, 5.41) is 4.85. The van der Waals surface area contributed by atoms with Crippen LogP contribution in [-0.4, -0.2) is 29.3 Å². The smallest absolute Gasteiger partial charge is 0.158 e. The van der Waals surface area contributed by atoms with Gasteiger partial charge in [0.05, 0.1) is 6.54 Å². The SMILES string of the molecule is Fc1cccc2ccc(-c3nccn3CCn3cncn3)nc12. The van der Waals surface area contributed by atoms with Crippen LogP contribution in [0.15, 0.2) is 55.4 Å². The summed E-state index contributed by atoms with van der Waals surface area (Å²) in [6.07, 6.45) is 6.76. The first-order valence-corrected chi connectivity index (χ1v) is 7.20. The molecule has 0 saturated heterocycles. The molecule has 0 aliphatic carbocycles. The van der Waals surface area contributed by atoms with Crippen LogP contribution >= 0.6 is 0 Å². The third-order valence-electron chi connectivity index (χ3n) is 3.65. The number of hydrogen-bond acceptors (Lipinski definition) is 4. The van der Waals surface area contributed by atoms with Crippen molar-refractivity contribution in [3.8, 4) is 11.5 Å². The molecule has 0 amide bonds. The summed E-state index contributed by atoms with van der Waals surface area (Å²) < 4.78 is 17.7. The fourth-order valence-electron chi connectivity index (χ4n) is 2.52. The minimum atomic E-state index is -0.329. The van der Waals surface area contributed by atoms with Crippen molar-refractivity contribution in [3.63, 3.8) is 0 Å². The third kappa shape index (κ3) is 2.57. The first-order chi connectivity index (χ1) is 11.3. The summed E-state index contributed by atoms with van der Waals surface area (Å²) in [5.74, 6) is 0.375. The average molecular weight is 308 g/mol. The van der Waals surface area contributed by atoms with Crippen molar-refractivity contribution in [2.45, 2.75) is 13.1 Å². The Morgan fingerprint density at radius 1 is 1.09 bits per heavy atom. The highest BCUT2D eigenvalue weighted by Gasteiger charge is 2.10. The van der Waals surface area contributed by atoms with Gasteiger partial charge in [-0.15, -0.1) is 0 Å². The second-order valence-electron chi connectivity index (χ2n) is 5.11. The van der Waals surface area contributed by atoms with E-state index in [9.17, 15) is 4.39 Å². The molecule has 1 aromatic carbocycles. The molecule has 4 rings (SSSR count). The van der Waals surface area contributed by atoms with E-state index in [0.29, 0.717) is 30.1 Å². The molecule has 0 fully saturated rings. The first-order valence-electron chi connectivity index (χ1n) is 7.20. The summed E-state index contributed by atoms with van der Waals surface area (Å²) in [5.41, 5.74) is 1.00. The van der Waals surface area contributed by atoms with E-state index in [1.807, 2.05) is 29.0 Å². The van der Waals surface area contributed by atoms with E-state index in [1.54, 1.807) is 23.3 Å². The number of aryl methyl sites for hydroxylation is 2. The fourth-order valence-corrected chi connectivity index (χ4v) is 2.52. The lowest BCUT2D eigenvalue weighted by atomic mass is 10.2. The van der Waals surface area contributed by atoms with Gasteiger partial charge in [-0.1, -0.05) is 18.2 Å². The molecule has 0 radical (unpaired) electrons. The summed E-state index contributed by atoms with van der Waals surface area (Å²) in [4.78, 5) is 12.7. The van der Waals surface area contributed by atoms with E-state index in [0.717, 1.165) is 5.39 Å². The predicted octanol–water partition coefficient (Wildman–Crippen LogP) is 2.53. The first kappa shape index (κ1) is 13.6. The molecule has 3 heterocycles. The van der Waals surface area contributed by atoms with Gasteiger partial charge in [0.1, 0.15) is 29.7 Å². The molecule has 23 heavy (non-hydrogen) atoms. The van der Waals surface area contributed by atoms with Gasteiger partial charge in [0.2, 0.25) is 0 Å². The Bertz CT molecular complexity index is 944. The highest BCUT2D eigenvalue weighted by molar-refractivity contribution is 5.81. The molecular formula is C16H13FN6. The highest BCUT2D eigenvalue weighted by atomic mass is 19.1. The zero-order valence-corrected chi connectivity index (χ0v) is 12.2. The number of rotatable bonds is 4. The van der Waals surface area contributed by atoms with Gasteiger partial charge in [0.25, 0.3) is 0 Å². The number of fused-ring (bicyclic) bond motifs is 1. The number of benzene rings is 1. The number of halogens is 1. The normalized spacial score (nSPS) is 11.2. The standard InChI is InChI=1S/C16H13FN6/c17-13-3-1-2-12-4-5-14(21-15(12)13)16-19-6-7-22(16)8-9-23-11-18-10-20-23/h1-7,10-11H,8-9H2. The Morgan fingerprint density at radius 2 is 2.04 bits per heavy atom. The van der Waals surface area contributed by atoms with Crippen LogP contribution in [0.25, 0.3) is 22.4 Å². The summed E-state index contributed by atoms with van der Waals surface area (Å²) >= 11 is 0. The Balaban J connectivity index is 1.68. The molecule has 114 valence electrons. The van der Waals surface area contributed by atoms with E-state index in [-0.39, 0.29) is 5.82 Å². The topological polar surface area (TPSA) is 61.4 Å². The summed E-state index contributed by atoms with van der Waals surface area (Å²) in [6, 6.07) is 8.65. The van der Waals surface area contributed by atoms with Crippen LogP contribution in [0.4, 0.5) is 4.39 Å². The van der Waals surface area contributed by atoms with Crippen molar-refractivity contribution in [2.75, 3.05) is 0 Å². The molecule has 4 aromatic rings. The van der Waals surface area contributed by atoms with Gasteiger partial charge in [0, 0.05) is 24.3 Å². The number of nitrogens with zero attached hydrogens (tertiary/aromatic N) is 6. The van der Waals surface area contributed by atoms with Crippen molar-refractivity contribution >= 4 is 10.9 Å². The van der Waals surface area contributed by atoms with Crippen LogP contribution < -0.4 is 0 Å².